The third-order valence-corrected chi connectivity index (χ3v) is 5.42. The number of hydrogen-bond acceptors (Lipinski definition) is 3. The van der Waals surface area contributed by atoms with Crippen molar-refractivity contribution in [3.8, 4) is 0 Å². The van der Waals surface area contributed by atoms with Crippen molar-refractivity contribution in [2.45, 2.75) is 15.5 Å². The predicted octanol–water partition coefficient (Wildman–Crippen LogP) is 6.04. The minimum absolute atomic E-state index is 0.206. The molecule has 22 heavy (non-hydrogen) atoms. The zero-order chi connectivity index (χ0) is 15.5. The lowest BCUT2D eigenvalue weighted by molar-refractivity contribution is 0.602. The summed E-state index contributed by atoms with van der Waals surface area (Å²) < 4.78 is 13.7. The second-order valence-electron chi connectivity index (χ2n) is 4.72. The van der Waals surface area contributed by atoms with Gasteiger partial charge in [-0.3, -0.25) is 0 Å². The highest BCUT2D eigenvalue weighted by Gasteiger charge is 2.08. The van der Waals surface area contributed by atoms with E-state index in [1.165, 1.54) is 17.8 Å². The number of rotatable bonds is 4. The van der Waals surface area contributed by atoms with E-state index >= 15 is 0 Å². The number of benzene rings is 2. The van der Waals surface area contributed by atoms with Gasteiger partial charge in [-0.2, -0.15) is 0 Å². The van der Waals surface area contributed by atoms with Gasteiger partial charge in [0.25, 0.3) is 0 Å². The molecule has 0 saturated heterocycles. The van der Waals surface area contributed by atoms with E-state index in [9.17, 15) is 4.39 Å². The molecule has 5 heteroatoms. The maximum absolute atomic E-state index is 13.7. The molecule has 0 unspecified atom stereocenters. The molecule has 0 radical (unpaired) electrons. The lowest BCUT2D eigenvalue weighted by Crippen LogP contribution is -1.90. The van der Waals surface area contributed by atoms with Crippen LogP contribution in [0.15, 0.2) is 58.3 Å². The van der Waals surface area contributed by atoms with Crippen LogP contribution in [-0.2, 0) is 5.75 Å². The fourth-order valence-corrected chi connectivity index (χ4v) is 3.75. The van der Waals surface area contributed by atoms with Crippen molar-refractivity contribution in [2.75, 3.05) is 6.26 Å². The van der Waals surface area contributed by atoms with E-state index in [4.69, 9.17) is 11.6 Å². The van der Waals surface area contributed by atoms with Crippen LogP contribution < -0.4 is 0 Å². The summed E-state index contributed by atoms with van der Waals surface area (Å²) in [6, 6.07) is 14.9. The normalized spacial score (nSPS) is 11.0. The lowest BCUT2D eigenvalue weighted by Gasteiger charge is -2.07. The molecule has 0 aliphatic carbocycles. The Morgan fingerprint density at radius 3 is 2.73 bits per heavy atom. The molecule has 0 fully saturated rings. The van der Waals surface area contributed by atoms with E-state index in [-0.39, 0.29) is 5.82 Å². The molecular formula is C17H13ClFNS2. The molecule has 0 saturated carbocycles. The van der Waals surface area contributed by atoms with Crippen molar-refractivity contribution in [3.63, 3.8) is 0 Å². The van der Waals surface area contributed by atoms with Crippen molar-refractivity contribution >= 4 is 46.0 Å². The Hall–Kier alpha value is -1.23. The Morgan fingerprint density at radius 2 is 1.95 bits per heavy atom. The maximum atomic E-state index is 13.7. The lowest BCUT2D eigenvalue weighted by atomic mass is 10.2. The molecule has 112 valence electrons. The Balaban J connectivity index is 1.88. The highest BCUT2D eigenvalue weighted by Crippen LogP contribution is 2.30. The summed E-state index contributed by atoms with van der Waals surface area (Å²) in [5.74, 6) is 0.384. The van der Waals surface area contributed by atoms with Crippen LogP contribution in [0.4, 0.5) is 4.39 Å². The number of hydrogen-bond donors (Lipinski definition) is 0. The largest absolute Gasteiger partial charge is 0.236 e. The molecule has 1 nitrogen and oxygen atoms in total. The van der Waals surface area contributed by atoms with Crippen molar-refractivity contribution in [1.29, 1.82) is 0 Å². The van der Waals surface area contributed by atoms with Crippen LogP contribution in [0.2, 0.25) is 5.15 Å². The first kappa shape index (κ1) is 15.7. The maximum Gasteiger partial charge on any atom is 0.136 e. The van der Waals surface area contributed by atoms with Crippen LogP contribution in [0, 0.1) is 5.82 Å². The fraction of sp³-hybridized carbons (Fsp3) is 0.118. The fourth-order valence-electron chi connectivity index (χ4n) is 2.11. The summed E-state index contributed by atoms with van der Waals surface area (Å²) in [6.45, 7) is 0. The van der Waals surface area contributed by atoms with Crippen LogP contribution in [-0.4, -0.2) is 11.2 Å². The minimum Gasteiger partial charge on any atom is -0.236 e. The summed E-state index contributed by atoms with van der Waals surface area (Å²) in [5, 5.41) is 1.53. The molecule has 2 aromatic carbocycles. The average Bonchev–Trinajstić information content (AvgIpc) is 2.53. The molecule has 0 atom stereocenters. The molecule has 0 spiro atoms. The van der Waals surface area contributed by atoms with Crippen LogP contribution in [0.3, 0.4) is 0 Å². The Morgan fingerprint density at radius 1 is 1.14 bits per heavy atom. The summed E-state index contributed by atoms with van der Waals surface area (Å²) in [7, 11) is 0. The second-order valence-corrected chi connectivity index (χ2v) is 6.97. The van der Waals surface area contributed by atoms with Gasteiger partial charge in [0.05, 0.1) is 5.52 Å². The number of fused-ring (bicyclic) bond motifs is 1. The van der Waals surface area contributed by atoms with Gasteiger partial charge in [0, 0.05) is 26.5 Å². The topological polar surface area (TPSA) is 12.9 Å². The molecule has 3 aromatic rings. The van der Waals surface area contributed by atoms with E-state index in [1.54, 1.807) is 23.9 Å². The van der Waals surface area contributed by atoms with Gasteiger partial charge in [-0.25, -0.2) is 9.37 Å². The molecule has 0 N–H and O–H groups in total. The summed E-state index contributed by atoms with van der Waals surface area (Å²) in [6.07, 6.45) is 2.03. The Kier molecular flexibility index (Phi) is 4.91. The van der Waals surface area contributed by atoms with E-state index in [0.717, 1.165) is 21.4 Å². The van der Waals surface area contributed by atoms with Crippen molar-refractivity contribution < 1.29 is 4.39 Å². The number of halogens is 2. The molecule has 1 heterocycles. The van der Waals surface area contributed by atoms with E-state index in [2.05, 4.69) is 11.1 Å². The van der Waals surface area contributed by atoms with Gasteiger partial charge in [0.15, 0.2) is 0 Å². The van der Waals surface area contributed by atoms with Gasteiger partial charge in [0.1, 0.15) is 11.0 Å². The zero-order valence-corrected chi connectivity index (χ0v) is 14.2. The van der Waals surface area contributed by atoms with Crippen LogP contribution >= 0.6 is 35.1 Å². The summed E-state index contributed by atoms with van der Waals surface area (Å²) in [5.41, 5.74) is 1.80. The minimum atomic E-state index is -0.206. The summed E-state index contributed by atoms with van der Waals surface area (Å²) in [4.78, 5) is 6.24. The molecule has 1 aromatic heterocycles. The Bertz CT molecular complexity index is 823. The number of aromatic nitrogens is 1. The Labute approximate surface area is 142 Å². The van der Waals surface area contributed by atoms with E-state index in [0.29, 0.717) is 15.8 Å². The highest BCUT2D eigenvalue weighted by atomic mass is 35.5. The molecule has 0 aliphatic rings. The van der Waals surface area contributed by atoms with Crippen molar-refractivity contribution in [2.24, 2.45) is 0 Å². The standard InChI is InChI=1S/C17H13ClFNS2/c1-21-13-7-6-11-8-12(17(18)20-15(11)9-13)10-22-16-5-3-2-4-14(16)19/h2-9H,10H2,1H3. The van der Waals surface area contributed by atoms with Gasteiger partial charge in [-0.05, 0) is 36.6 Å². The first-order valence-electron chi connectivity index (χ1n) is 6.68. The van der Waals surface area contributed by atoms with Gasteiger partial charge in [0.2, 0.25) is 0 Å². The molecule has 0 aliphatic heterocycles. The van der Waals surface area contributed by atoms with Gasteiger partial charge >= 0.3 is 0 Å². The van der Waals surface area contributed by atoms with Crippen molar-refractivity contribution in [3.05, 3.63) is 65.1 Å². The molecule has 3 rings (SSSR count). The van der Waals surface area contributed by atoms with Crippen molar-refractivity contribution in [1.82, 2.24) is 4.98 Å². The first-order valence-corrected chi connectivity index (χ1v) is 9.26. The SMILES string of the molecule is CSc1ccc2cc(CSc3ccccc3F)c(Cl)nc2c1. The third-order valence-electron chi connectivity index (χ3n) is 3.27. The second kappa shape index (κ2) is 6.90. The monoisotopic (exact) mass is 349 g/mol. The molecule has 0 amide bonds. The highest BCUT2D eigenvalue weighted by molar-refractivity contribution is 7.98. The van der Waals surface area contributed by atoms with E-state index < -0.39 is 0 Å². The van der Waals surface area contributed by atoms with Crippen LogP contribution in [0.1, 0.15) is 5.56 Å². The van der Waals surface area contributed by atoms with Gasteiger partial charge in [-0.15, -0.1) is 23.5 Å². The molecule has 0 bridgehead atoms. The third kappa shape index (κ3) is 3.40. The summed E-state index contributed by atoms with van der Waals surface area (Å²) >= 11 is 9.38. The van der Waals surface area contributed by atoms with Crippen LogP contribution in [0.5, 0.6) is 0 Å². The van der Waals surface area contributed by atoms with E-state index in [1.807, 2.05) is 30.5 Å². The van der Waals surface area contributed by atoms with Gasteiger partial charge < -0.3 is 0 Å². The number of thioether (sulfide) groups is 2. The predicted molar refractivity (Wildman–Crippen MR) is 94.5 cm³/mol. The number of pyridine rings is 1. The average molecular weight is 350 g/mol. The number of nitrogens with zero attached hydrogens (tertiary/aromatic N) is 1. The smallest absolute Gasteiger partial charge is 0.136 e. The quantitative estimate of drug-likeness (QED) is 0.421. The molecular weight excluding hydrogens is 337 g/mol. The first-order chi connectivity index (χ1) is 10.7. The zero-order valence-electron chi connectivity index (χ0n) is 11.8. The van der Waals surface area contributed by atoms with Crippen LogP contribution in [0.25, 0.3) is 10.9 Å². The van der Waals surface area contributed by atoms with Gasteiger partial charge in [-0.1, -0.05) is 29.8 Å².